The summed E-state index contributed by atoms with van der Waals surface area (Å²) in [6.45, 7) is 3.75. The number of carboxylic acids is 1. The molecule has 0 aliphatic rings. The van der Waals surface area contributed by atoms with E-state index in [1.165, 1.54) is 12.1 Å². The van der Waals surface area contributed by atoms with Crippen molar-refractivity contribution in [2.24, 2.45) is 0 Å². The minimum Gasteiger partial charge on any atom is -0.478 e. The lowest BCUT2D eigenvalue weighted by Gasteiger charge is -2.13. The lowest BCUT2D eigenvalue weighted by Crippen LogP contribution is -2.27. The van der Waals surface area contributed by atoms with E-state index in [0.717, 1.165) is 9.75 Å². The van der Waals surface area contributed by atoms with Crippen molar-refractivity contribution in [3.8, 4) is 0 Å². The van der Waals surface area contributed by atoms with Crippen LogP contribution in [0.2, 0.25) is 0 Å². The molecular weight excluding hydrogens is 322 g/mol. The molecule has 1 atom stereocenters. The minimum atomic E-state index is -3.55. The van der Waals surface area contributed by atoms with Crippen LogP contribution in [-0.2, 0) is 15.8 Å². The van der Waals surface area contributed by atoms with E-state index in [4.69, 9.17) is 5.11 Å². The molecule has 7 heteroatoms. The Bertz CT molecular complexity index is 780. The van der Waals surface area contributed by atoms with Crippen LogP contribution in [0.15, 0.2) is 36.4 Å². The van der Waals surface area contributed by atoms with E-state index in [1.54, 1.807) is 30.4 Å². The molecule has 2 rings (SSSR count). The van der Waals surface area contributed by atoms with E-state index in [0.29, 0.717) is 5.56 Å². The molecule has 5 nitrogen and oxygen atoms in total. The molecule has 0 aliphatic carbocycles. The van der Waals surface area contributed by atoms with Crippen molar-refractivity contribution >= 4 is 27.3 Å². The lowest BCUT2D eigenvalue weighted by molar-refractivity contribution is 0.0696. The molecule has 1 heterocycles. The summed E-state index contributed by atoms with van der Waals surface area (Å²) < 4.78 is 27.1. The molecule has 0 saturated heterocycles. The summed E-state index contributed by atoms with van der Waals surface area (Å²) in [6, 6.07) is 9.49. The number of thiophene rings is 1. The average molecular weight is 339 g/mol. The fourth-order valence-corrected chi connectivity index (χ4v) is 4.39. The van der Waals surface area contributed by atoms with Crippen LogP contribution in [0.25, 0.3) is 0 Å². The monoisotopic (exact) mass is 339 g/mol. The molecule has 0 radical (unpaired) electrons. The van der Waals surface area contributed by atoms with Crippen LogP contribution in [-0.4, -0.2) is 19.5 Å². The molecule has 2 N–H and O–H groups in total. The summed E-state index contributed by atoms with van der Waals surface area (Å²) in [7, 11) is -3.55. The first-order valence-electron chi connectivity index (χ1n) is 6.65. The molecule has 1 aromatic heterocycles. The number of aromatic carboxylic acids is 1. The number of sulfonamides is 1. The van der Waals surface area contributed by atoms with Gasteiger partial charge in [-0.2, -0.15) is 0 Å². The van der Waals surface area contributed by atoms with Crippen LogP contribution in [0.3, 0.4) is 0 Å². The second-order valence-electron chi connectivity index (χ2n) is 5.05. The van der Waals surface area contributed by atoms with Gasteiger partial charge in [-0.1, -0.05) is 12.1 Å². The number of hydrogen-bond donors (Lipinski definition) is 2. The third-order valence-electron chi connectivity index (χ3n) is 3.07. The van der Waals surface area contributed by atoms with Crippen molar-refractivity contribution in [2.45, 2.75) is 25.6 Å². The molecule has 1 aromatic carbocycles. The first kappa shape index (κ1) is 16.7. The molecule has 0 fully saturated rings. The van der Waals surface area contributed by atoms with Crippen molar-refractivity contribution in [1.82, 2.24) is 4.72 Å². The van der Waals surface area contributed by atoms with Crippen molar-refractivity contribution in [3.63, 3.8) is 0 Å². The van der Waals surface area contributed by atoms with Crippen LogP contribution in [0.1, 0.15) is 38.6 Å². The first-order chi connectivity index (χ1) is 10.3. The highest BCUT2D eigenvalue weighted by Crippen LogP contribution is 2.23. The molecule has 0 saturated carbocycles. The molecule has 0 spiro atoms. The van der Waals surface area contributed by atoms with Gasteiger partial charge in [-0.05, 0) is 43.7 Å². The number of nitrogens with one attached hydrogen (secondary N) is 1. The smallest absolute Gasteiger partial charge is 0.335 e. The van der Waals surface area contributed by atoms with Crippen molar-refractivity contribution in [3.05, 3.63) is 57.3 Å². The Morgan fingerprint density at radius 3 is 2.64 bits per heavy atom. The summed E-state index contributed by atoms with van der Waals surface area (Å²) in [5, 5.41) is 8.94. The Morgan fingerprint density at radius 2 is 2.05 bits per heavy atom. The summed E-state index contributed by atoms with van der Waals surface area (Å²) >= 11 is 1.54. The number of carbonyl (C=O) groups is 1. The van der Waals surface area contributed by atoms with Crippen molar-refractivity contribution < 1.29 is 18.3 Å². The molecule has 1 unspecified atom stereocenters. The predicted octanol–water partition coefficient (Wildman–Crippen LogP) is 2.94. The molecule has 0 aliphatic heterocycles. The lowest BCUT2D eigenvalue weighted by atomic mass is 10.1. The maximum atomic E-state index is 12.2. The van der Waals surface area contributed by atoms with Crippen molar-refractivity contribution in [2.75, 3.05) is 0 Å². The quantitative estimate of drug-likeness (QED) is 0.847. The number of benzene rings is 1. The van der Waals surface area contributed by atoms with Crippen molar-refractivity contribution in [1.29, 1.82) is 0 Å². The normalized spacial score (nSPS) is 13.0. The van der Waals surface area contributed by atoms with Gasteiger partial charge in [-0.25, -0.2) is 17.9 Å². The van der Waals surface area contributed by atoms with E-state index in [-0.39, 0.29) is 17.4 Å². The molecule has 0 bridgehead atoms. The largest absolute Gasteiger partial charge is 0.478 e. The fourth-order valence-electron chi connectivity index (χ4n) is 2.07. The van der Waals surface area contributed by atoms with Gasteiger partial charge >= 0.3 is 5.97 Å². The van der Waals surface area contributed by atoms with Gasteiger partial charge < -0.3 is 5.11 Å². The Labute approximate surface area is 133 Å². The Morgan fingerprint density at radius 1 is 1.32 bits per heavy atom. The maximum absolute atomic E-state index is 12.2. The number of aryl methyl sites for hydroxylation is 1. The summed E-state index contributed by atoms with van der Waals surface area (Å²) in [6.07, 6.45) is 0. The van der Waals surface area contributed by atoms with Gasteiger partial charge in [0.2, 0.25) is 10.0 Å². The number of rotatable bonds is 6. The second-order valence-corrected chi connectivity index (χ2v) is 8.13. The highest BCUT2D eigenvalue weighted by molar-refractivity contribution is 7.88. The standard InChI is InChI=1S/C15H17NO4S2/c1-10-6-7-14(21-10)11(2)16-22(19,20)9-12-4-3-5-13(8-12)15(17)18/h3-8,11,16H,9H2,1-2H3,(H,17,18). The third-order valence-corrected chi connectivity index (χ3v) is 5.68. The number of carboxylic acid groups (broad SMARTS) is 1. The average Bonchev–Trinajstić information content (AvgIpc) is 2.84. The minimum absolute atomic E-state index is 0.0784. The first-order valence-corrected chi connectivity index (χ1v) is 9.12. The van der Waals surface area contributed by atoms with Gasteiger partial charge in [0, 0.05) is 9.75 Å². The van der Waals surface area contributed by atoms with Crippen LogP contribution in [0.4, 0.5) is 0 Å². The van der Waals surface area contributed by atoms with E-state index in [2.05, 4.69) is 4.72 Å². The predicted molar refractivity (Wildman–Crippen MR) is 86.6 cm³/mol. The van der Waals surface area contributed by atoms with Gasteiger partial charge in [-0.3, -0.25) is 0 Å². The molecule has 22 heavy (non-hydrogen) atoms. The molecule has 0 amide bonds. The molecule has 2 aromatic rings. The van der Waals surface area contributed by atoms with Gasteiger partial charge in [0.15, 0.2) is 0 Å². The highest BCUT2D eigenvalue weighted by Gasteiger charge is 2.18. The van der Waals surface area contributed by atoms with E-state index >= 15 is 0 Å². The van der Waals surface area contributed by atoms with Crippen LogP contribution < -0.4 is 4.72 Å². The SMILES string of the molecule is Cc1ccc(C(C)NS(=O)(=O)Cc2cccc(C(=O)O)c2)s1. The number of hydrogen-bond acceptors (Lipinski definition) is 4. The van der Waals surface area contributed by atoms with E-state index < -0.39 is 16.0 Å². The van der Waals surface area contributed by atoms with Crippen LogP contribution in [0, 0.1) is 6.92 Å². The van der Waals surface area contributed by atoms with Gasteiger partial charge in [-0.15, -0.1) is 11.3 Å². The van der Waals surface area contributed by atoms with Gasteiger partial charge in [0.05, 0.1) is 17.4 Å². The molecular formula is C15H17NO4S2. The topological polar surface area (TPSA) is 83.5 Å². The van der Waals surface area contributed by atoms with Crippen LogP contribution >= 0.6 is 11.3 Å². The Hall–Kier alpha value is -1.70. The zero-order valence-electron chi connectivity index (χ0n) is 12.2. The van der Waals surface area contributed by atoms with E-state index in [9.17, 15) is 13.2 Å². The fraction of sp³-hybridized carbons (Fsp3) is 0.267. The Kier molecular flexibility index (Phi) is 5.00. The second kappa shape index (κ2) is 6.60. The zero-order valence-corrected chi connectivity index (χ0v) is 13.9. The Balaban J connectivity index is 2.11. The third kappa shape index (κ3) is 4.40. The summed E-state index contributed by atoms with van der Waals surface area (Å²) in [4.78, 5) is 13.0. The van der Waals surface area contributed by atoms with E-state index in [1.807, 2.05) is 19.1 Å². The molecule has 118 valence electrons. The summed E-state index contributed by atoms with van der Waals surface area (Å²) in [5.41, 5.74) is 0.525. The summed E-state index contributed by atoms with van der Waals surface area (Å²) in [5.74, 6) is -1.32. The maximum Gasteiger partial charge on any atom is 0.335 e. The highest BCUT2D eigenvalue weighted by atomic mass is 32.2. The van der Waals surface area contributed by atoms with Crippen LogP contribution in [0.5, 0.6) is 0 Å². The zero-order chi connectivity index (χ0) is 16.3. The van der Waals surface area contributed by atoms with Gasteiger partial charge in [0.25, 0.3) is 0 Å². The van der Waals surface area contributed by atoms with Gasteiger partial charge in [0.1, 0.15) is 0 Å².